The third-order valence-electron chi connectivity index (χ3n) is 5.82. The zero-order chi connectivity index (χ0) is 21.6. The van der Waals surface area contributed by atoms with Crippen molar-refractivity contribution in [3.05, 3.63) is 59.9 Å². The van der Waals surface area contributed by atoms with E-state index in [4.69, 9.17) is 4.74 Å². The van der Waals surface area contributed by atoms with Crippen LogP contribution in [0.2, 0.25) is 0 Å². The summed E-state index contributed by atoms with van der Waals surface area (Å²) in [6.07, 6.45) is -2.62. The minimum Gasteiger partial charge on any atom is -0.439 e. The van der Waals surface area contributed by atoms with Crippen LogP contribution in [-0.4, -0.2) is 46.5 Å². The Balaban J connectivity index is 1.31. The first-order valence-corrected chi connectivity index (χ1v) is 10.0. The lowest BCUT2D eigenvalue weighted by Crippen LogP contribution is -2.34. The Hall–Kier alpha value is -3.20. The Bertz CT molecular complexity index is 1120. The second-order valence-corrected chi connectivity index (χ2v) is 7.86. The van der Waals surface area contributed by atoms with E-state index in [1.807, 2.05) is 4.90 Å². The highest BCUT2D eigenvalue weighted by atomic mass is 19.4. The summed E-state index contributed by atoms with van der Waals surface area (Å²) in [5.74, 6) is 0.912. The molecule has 1 amide bonds. The summed E-state index contributed by atoms with van der Waals surface area (Å²) in [5.41, 5.74) is 0.193. The molecule has 1 aromatic carbocycles. The largest absolute Gasteiger partial charge is 0.439 e. The van der Waals surface area contributed by atoms with Gasteiger partial charge in [-0.1, -0.05) is 6.07 Å². The molecule has 0 bridgehead atoms. The molecule has 9 heteroatoms. The van der Waals surface area contributed by atoms with Crippen molar-refractivity contribution in [3.8, 4) is 11.6 Å². The number of benzene rings is 1. The molecule has 2 aromatic heterocycles. The van der Waals surface area contributed by atoms with Gasteiger partial charge in [-0.2, -0.15) is 13.2 Å². The lowest BCUT2D eigenvalue weighted by molar-refractivity contribution is -0.137. The highest BCUT2D eigenvalue weighted by Crippen LogP contribution is 2.31. The number of rotatable bonds is 3. The van der Waals surface area contributed by atoms with Crippen molar-refractivity contribution in [2.45, 2.75) is 18.6 Å². The monoisotopic (exact) mass is 428 g/mol. The van der Waals surface area contributed by atoms with Crippen LogP contribution in [0.25, 0.3) is 10.9 Å². The lowest BCUT2D eigenvalue weighted by Gasteiger charge is -2.17. The van der Waals surface area contributed by atoms with Crippen LogP contribution in [0.1, 0.15) is 22.5 Å². The first-order valence-electron chi connectivity index (χ1n) is 10.0. The number of aromatic nitrogens is 2. The van der Waals surface area contributed by atoms with Crippen LogP contribution in [0.5, 0.6) is 11.6 Å². The smallest absolute Gasteiger partial charge is 0.417 e. The molecule has 0 saturated carbocycles. The Morgan fingerprint density at radius 3 is 2.74 bits per heavy atom. The van der Waals surface area contributed by atoms with Gasteiger partial charge in [-0.05, 0) is 49.2 Å². The third kappa shape index (κ3) is 3.93. The second-order valence-electron chi connectivity index (χ2n) is 7.86. The van der Waals surface area contributed by atoms with E-state index < -0.39 is 11.7 Å². The number of nitrogens with zero attached hydrogens (tertiary/aromatic N) is 3. The standard InChI is InChI=1S/C22H19F3N4O2/c23-22(24,25)15-2-6-20(27-10-15)31-16-3-5-17-13(9-16)1-4-18(28-17)21(30)29-11-14-7-8-26-19(14)12-29/h1-6,9-10,14,19,26H,7-8,11-12H2. The SMILES string of the molecule is O=C(c1ccc2cc(Oc3ccc(C(F)(F)F)cn3)ccc2n1)N1CC2CCNC2C1. The minimum atomic E-state index is -4.44. The summed E-state index contributed by atoms with van der Waals surface area (Å²) in [6, 6.07) is 11.0. The molecular formula is C22H19F3N4O2. The number of carbonyl (C=O) groups excluding carboxylic acids is 1. The maximum atomic E-state index is 12.9. The van der Waals surface area contributed by atoms with Gasteiger partial charge in [0.2, 0.25) is 5.88 Å². The number of hydrogen-bond acceptors (Lipinski definition) is 5. The fraction of sp³-hybridized carbons (Fsp3) is 0.318. The average molecular weight is 428 g/mol. The molecule has 0 aliphatic carbocycles. The van der Waals surface area contributed by atoms with E-state index >= 15 is 0 Å². The summed E-state index contributed by atoms with van der Waals surface area (Å²) >= 11 is 0. The Labute approximate surface area is 176 Å². The van der Waals surface area contributed by atoms with Crippen LogP contribution in [0.15, 0.2) is 48.7 Å². The van der Waals surface area contributed by atoms with Crippen LogP contribution >= 0.6 is 0 Å². The number of ether oxygens (including phenoxy) is 1. The summed E-state index contributed by atoms with van der Waals surface area (Å²) < 4.78 is 43.5. The number of hydrogen-bond donors (Lipinski definition) is 1. The van der Waals surface area contributed by atoms with Gasteiger partial charge in [0.15, 0.2) is 0 Å². The van der Waals surface area contributed by atoms with Crippen molar-refractivity contribution >= 4 is 16.8 Å². The Morgan fingerprint density at radius 1 is 1.13 bits per heavy atom. The molecule has 31 heavy (non-hydrogen) atoms. The second kappa shape index (κ2) is 7.49. The molecule has 6 nitrogen and oxygen atoms in total. The number of fused-ring (bicyclic) bond motifs is 2. The molecule has 1 N–H and O–H groups in total. The van der Waals surface area contributed by atoms with E-state index in [9.17, 15) is 18.0 Å². The van der Waals surface area contributed by atoms with Crippen molar-refractivity contribution in [1.82, 2.24) is 20.2 Å². The normalized spacial score (nSPS) is 20.8. The van der Waals surface area contributed by atoms with E-state index in [-0.39, 0.29) is 11.8 Å². The number of carbonyl (C=O) groups is 1. The molecule has 0 radical (unpaired) electrons. The van der Waals surface area contributed by atoms with Crippen molar-refractivity contribution in [1.29, 1.82) is 0 Å². The maximum Gasteiger partial charge on any atom is 0.417 e. The van der Waals surface area contributed by atoms with Crippen LogP contribution in [0, 0.1) is 5.92 Å². The van der Waals surface area contributed by atoms with E-state index in [0.717, 1.165) is 37.2 Å². The highest BCUT2D eigenvalue weighted by Gasteiger charge is 2.38. The Kier molecular flexibility index (Phi) is 4.77. The molecule has 2 aliphatic rings. The summed E-state index contributed by atoms with van der Waals surface area (Å²) in [6.45, 7) is 2.47. The van der Waals surface area contributed by atoms with Gasteiger partial charge >= 0.3 is 6.18 Å². The number of alkyl halides is 3. The topological polar surface area (TPSA) is 67.3 Å². The van der Waals surface area contributed by atoms with E-state index in [0.29, 0.717) is 35.5 Å². The molecule has 3 aromatic rings. The van der Waals surface area contributed by atoms with Crippen LogP contribution in [0.4, 0.5) is 13.2 Å². The average Bonchev–Trinajstić information content (AvgIpc) is 3.35. The number of pyridine rings is 2. The Morgan fingerprint density at radius 2 is 2.00 bits per heavy atom. The van der Waals surface area contributed by atoms with Crippen molar-refractivity contribution in [2.75, 3.05) is 19.6 Å². The molecule has 2 saturated heterocycles. The molecule has 2 fully saturated rings. The number of nitrogens with one attached hydrogen (secondary N) is 1. The summed E-state index contributed by atoms with van der Waals surface area (Å²) in [7, 11) is 0. The van der Waals surface area contributed by atoms with Gasteiger partial charge < -0.3 is 15.0 Å². The van der Waals surface area contributed by atoms with Crippen LogP contribution in [0.3, 0.4) is 0 Å². The first-order chi connectivity index (χ1) is 14.9. The van der Waals surface area contributed by atoms with Gasteiger partial charge in [0.1, 0.15) is 11.4 Å². The number of likely N-dealkylation sites (tertiary alicyclic amines) is 1. The van der Waals surface area contributed by atoms with Crippen LogP contribution < -0.4 is 10.1 Å². The quantitative estimate of drug-likeness (QED) is 0.686. The van der Waals surface area contributed by atoms with Gasteiger partial charge in [-0.25, -0.2) is 9.97 Å². The minimum absolute atomic E-state index is 0.0558. The van der Waals surface area contributed by atoms with E-state index in [1.165, 1.54) is 6.07 Å². The maximum absolute atomic E-state index is 12.9. The van der Waals surface area contributed by atoms with Crippen LogP contribution in [-0.2, 0) is 6.18 Å². The van der Waals surface area contributed by atoms with Gasteiger partial charge in [0, 0.05) is 36.8 Å². The fourth-order valence-corrected chi connectivity index (χ4v) is 4.19. The third-order valence-corrected chi connectivity index (χ3v) is 5.82. The molecule has 5 rings (SSSR count). The first kappa shape index (κ1) is 19.7. The predicted octanol–water partition coefficient (Wildman–Crippen LogP) is 3.87. The summed E-state index contributed by atoms with van der Waals surface area (Å²) in [5, 5.41) is 4.18. The highest BCUT2D eigenvalue weighted by molar-refractivity contribution is 5.95. The number of amides is 1. The van der Waals surface area contributed by atoms with E-state index in [1.54, 1.807) is 30.3 Å². The molecule has 2 atom stereocenters. The van der Waals surface area contributed by atoms with E-state index in [2.05, 4.69) is 15.3 Å². The molecule has 2 unspecified atom stereocenters. The molecule has 160 valence electrons. The van der Waals surface area contributed by atoms with Gasteiger partial charge in [-0.15, -0.1) is 0 Å². The van der Waals surface area contributed by atoms with Gasteiger partial charge in [-0.3, -0.25) is 4.79 Å². The van der Waals surface area contributed by atoms with Gasteiger partial charge in [0.05, 0.1) is 11.1 Å². The molecule has 2 aliphatic heterocycles. The molecule has 4 heterocycles. The fourth-order valence-electron chi connectivity index (χ4n) is 4.19. The van der Waals surface area contributed by atoms with Crippen molar-refractivity contribution in [3.63, 3.8) is 0 Å². The predicted molar refractivity (Wildman–Crippen MR) is 107 cm³/mol. The van der Waals surface area contributed by atoms with Crippen molar-refractivity contribution < 1.29 is 22.7 Å². The van der Waals surface area contributed by atoms with Crippen molar-refractivity contribution in [2.24, 2.45) is 5.92 Å². The van der Waals surface area contributed by atoms with Gasteiger partial charge in [0.25, 0.3) is 5.91 Å². The zero-order valence-electron chi connectivity index (χ0n) is 16.4. The summed E-state index contributed by atoms with van der Waals surface area (Å²) in [4.78, 5) is 22.9. The number of halogens is 3. The zero-order valence-corrected chi connectivity index (χ0v) is 16.4. The molecular weight excluding hydrogens is 409 g/mol. The lowest BCUT2D eigenvalue weighted by atomic mass is 10.1. The molecule has 0 spiro atoms.